The van der Waals surface area contributed by atoms with Crippen LogP contribution in [0, 0.1) is 6.92 Å². The molecule has 0 saturated carbocycles. The summed E-state index contributed by atoms with van der Waals surface area (Å²) in [6.45, 7) is 7.86. The summed E-state index contributed by atoms with van der Waals surface area (Å²) in [4.78, 5) is 17.0. The number of carbonyl (C=O) groups excluding carboxylic acids is 1. The van der Waals surface area contributed by atoms with Gasteiger partial charge in [-0.3, -0.25) is 9.78 Å². The molecule has 1 heterocycles. The van der Waals surface area contributed by atoms with Crippen molar-refractivity contribution in [2.24, 2.45) is 5.73 Å². The molecule has 5 N–H and O–H groups in total. The second kappa shape index (κ2) is 9.63. The SMILES string of the molecule is C=C(C)/C=C\C=C(/N)CNC(=O)c1ccc2nccc(Nc3cc(O)ccc3C)c2c1. The molecule has 0 aliphatic heterocycles. The van der Waals surface area contributed by atoms with Gasteiger partial charge in [-0.15, -0.1) is 0 Å². The number of allylic oxidation sites excluding steroid dienone is 4. The number of carbonyl (C=O) groups is 1. The summed E-state index contributed by atoms with van der Waals surface area (Å²) in [6, 6.07) is 12.3. The van der Waals surface area contributed by atoms with Gasteiger partial charge in [0.05, 0.1) is 12.1 Å². The van der Waals surface area contributed by atoms with Gasteiger partial charge in [0.2, 0.25) is 0 Å². The number of rotatable bonds is 7. The smallest absolute Gasteiger partial charge is 0.251 e. The number of nitrogens with two attached hydrogens (primary N) is 1. The lowest BCUT2D eigenvalue weighted by Crippen LogP contribution is -2.27. The van der Waals surface area contributed by atoms with Gasteiger partial charge in [0, 0.05) is 40.3 Å². The lowest BCUT2D eigenvalue weighted by Gasteiger charge is -2.13. The normalized spacial score (nSPS) is 11.6. The van der Waals surface area contributed by atoms with E-state index in [0.29, 0.717) is 11.3 Å². The fourth-order valence-electron chi connectivity index (χ4n) is 2.97. The third kappa shape index (κ3) is 5.73. The molecule has 1 amide bonds. The van der Waals surface area contributed by atoms with E-state index in [1.807, 2.05) is 32.1 Å². The average molecular weight is 415 g/mol. The van der Waals surface area contributed by atoms with Crippen molar-refractivity contribution >= 4 is 28.2 Å². The molecule has 2 aromatic carbocycles. The highest BCUT2D eigenvalue weighted by Gasteiger charge is 2.10. The van der Waals surface area contributed by atoms with Crippen LogP contribution in [0.25, 0.3) is 10.9 Å². The van der Waals surface area contributed by atoms with Gasteiger partial charge in [0.1, 0.15) is 5.75 Å². The Morgan fingerprint density at radius 3 is 2.77 bits per heavy atom. The number of fused-ring (bicyclic) bond motifs is 1. The van der Waals surface area contributed by atoms with E-state index in [-0.39, 0.29) is 18.2 Å². The predicted molar refractivity (Wildman–Crippen MR) is 126 cm³/mol. The van der Waals surface area contributed by atoms with Crippen LogP contribution in [-0.4, -0.2) is 22.5 Å². The zero-order valence-corrected chi connectivity index (χ0v) is 17.6. The maximum absolute atomic E-state index is 12.6. The molecule has 0 aliphatic carbocycles. The van der Waals surface area contributed by atoms with Crippen molar-refractivity contribution in [2.45, 2.75) is 13.8 Å². The summed E-state index contributed by atoms with van der Waals surface area (Å²) < 4.78 is 0. The number of phenolic OH excluding ortho intramolecular Hbond substituents is 1. The summed E-state index contributed by atoms with van der Waals surface area (Å²) in [5, 5.41) is 16.8. The summed E-state index contributed by atoms with van der Waals surface area (Å²) >= 11 is 0. The number of benzene rings is 2. The second-order valence-corrected chi connectivity index (χ2v) is 7.34. The molecule has 0 aliphatic rings. The molecule has 0 fully saturated rings. The Balaban J connectivity index is 1.81. The van der Waals surface area contributed by atoms with E-state index in [0.717, 1.165) is 33.4 Å². The summed E-state index contributed by atoms with van der Waals surface area (Å²) in [5.41, 5.74) is 11.2. The second-order valence-electron chi connectivity index (χ2n) is 7.34. The van der Waals surface area contributed by atoms with Crippen LogP contribution in [0.15, 0.2) is 84.7 Å². The van der Waals surface area contributed by atoms with Gasteiger partial charge in [-0.25, -0.2) is 0 Å². The molecule has 3 rings (SSSR count). The molecule has 0 spiro atoms. The molecule has 1 aromatic heterocycles. The van der Waals surface area contributed by atoms with E-state index < -0.39 is 0 Å². The summed E-state index contributed by atoms with van der Waals surface area (Å²) in [6.07, 6.45) is 7.08. The van der Waals surface area contributed by atoms with Gasteiger partial charge in [0.15, 0.2) is 0 Å². The Morgan fingerprint density at radius 1 is 1.19 bits per heavy atom. The molecule has 0 atom stereocenters. The zero-order chi connectivity index (χ0) is 22.4. The van der Waals surface area contributed by atoms with Crippen molar-refractivity contribution in [1.29, 1.82) is 0 Å². The Morgan fingerprint density at radius 2 is 2.00 bits per heavy atom. The van der Waals surface area contributed by atoms with Crippen molar-refractivity contribution in [2.75, 3.05) is 11.9 Å². The first-order valence-electron chi connectivity index (χ1n) is 9.85. The number of aromatic nitrogens is 1. The van der Waals surface area contributed by atoms with Crippen molar-refractivity contribution in [3.05, 3.63) is 95.9 Å². The highest BCUT2D eigenvalue weighted by Crippen LogP contribution is 2.29. The van der Waals surface area contributed by atoms with Crippen LogP contribution in [0.2, 0.25) is 0 Å². The van der Waals surface area contributed by atoms with Crippen molar-refractivity contribution in [3.8, 4) is 5.75 Å². The third-order valence-corrected chi connectivity index (χ3v) is 4.64. The Hall–Kier alpha value is -4.06. The third-order valence-electron chi connectivity index (χ3n) is 4.64. The molecule has 0 unspecified atom stereocenters. The van der Waals surface area contributed by atoms with E-state index in [1.165, 1.54) is 0 Å². The molecular formula is C25H26N4O2. The molecule has 6 nitrogen and oxygen atoms in total. The molecule has 0 bridgehead atoms. The van der Waals surface area contributed by atoms with Crippen molar-refractivity contribution < 1.29 is 9.90 Å². The van der Waals surface area contributed by atoms with E-state index in [4.69, 9.17) is 5.73 Å². The van der Waals surface area contributed by atoms with E-state index in [9.17, 15) is 9.90 Å². The topological polar surface area (TPSA) is 100 Å². The zero-order valence-electron chi connectivity index (χ0n) is 17.6. The van der Waals surface area contributed by atoms with Crippen LogP contribution in [0.3, 0.4) is 0 Å². The van der Waals surface area contributed by atoms with Crippen molar-refractivity contribution in [1.82, 2.24) is 10.3 Å². The number of amides is 1. The number of nitrogens with one attached hydrogen (secondary N) is 2. The van der Waals surface area contributed by atoms with Crippen LogP contribution >= 0.6 is 0 Å². The Kier molecular flexibility index (Phi) is 6.72. The fraction of sp³-hybridized carbons (Fsp3) is 0.120. The maximum atomic E-state index is 12.6. The molecule has 158 valence electrons. The van der Waals surface area contributed by atoms with Gasteiger partial charge < -0.3 is 21.5 Å². The lowest BCUT2D eigenvalue weighted by atomic mass is 10.1. The Bertz CT molecular complexity index is 1200. The molecule has 0 radical (unpaired) electrons. The summed E-state index contributed by atoms with van der Waals surface area (Å²) in [5.74, 6) is -0.0549. The minimum Gasteiger partial charge on any atom is -0.508 e. The number of anilines is 2. The van der Waals surface area contributed by atoms with E-state index in [2.05, 4.69) is 22.2 Å². The molecule has 31 heavy (non-hydrogen) atoms. The van der Waals surface area contributed by atoms with Gasteiger partial charge >= 0.3 is 0 Å². The molecule has 6 heteroatoms. The highest BCUT2D eigenvalue weighted by molar-refractivity contribution is 6.01. The van der Waals surface area contributed by atoms with Crippen LogP contribution in [0.5, 0.6) is 5.75 Å². The minimum atomic E-state index is -0.231. The quantitative estimate of drug-likeness (QED) is 0.420. The van der Waals surface area contributed by atoms with Crippen LogP contribution < -0.4 is 16.4 Å². The first kappa shape index (κ1) is 21.6. The van der Waals surface area contributed by atoms with Crippen LogP contribution in [-0.2, 0) is 0 Å². The monoisotopic (exact) mass is 414 g/mol. The molecule has 0 saturated heterocycles. The first-order chi connectivity index (χ1) is 14.8. The van der Waals surface area contributed by atoms with Gasteiger partial charge in [0.25, 0.3) is 5.91 Å². The lowest BCUT2D eigenvalue weighted by molar-refractivity contribution is 0.0957. The van der Waals surface area contributed by atoms with Crippen LogP contribution in [0.1, 0.15) is 22.8 Å². The van der Waals surface area contributed by atoms with Crippen LogP contribution in [0.4, 0.5) is 11.4 Å². The predicted octanol–water partition coefficient (Wildman–Crippen LogP) is 4.70. The first-order valence-corrected chi connectivity index (χ1v) is 9.85. The number of nitrogens with zero attached hydrogens (tertiary/aromatic N) is 1. The number of aryl methyl sites for hydroxylation is 1. The van der Waals surface area contributed by atoms with Crippen molar-refractivity contribution in [3.63, 3.8) is 0 Å². The fourth-order valence-corrected chi connectivity index (χ4v) is 2.97. The maximum Gasteiger partial charge on any atom is 0.251 e. The van der Waals surface area contributed by atoms with Gasteiger partial charge in [-0.05, 0) is 55.8 Å². The number of hydrogen-bond donors (Lipinski definition) is 4. The Labute approximate surface area is 181 Å². The number of hydrogen-bond acceptors (Lipinski definition) is 5. The van der Waals surface area contributed by atoms with Gasteiger partial charge in [-0.1, -0.05) is 30.4 Å². The largest absolute Gasteiger partial charge is 0.508 e. The molecule has 3 aromatic rings. The number of pyridine rings is 1. The summed E-state index contributed by atoms with van der Waals surface area (Å²) in [7, 11) is 0. The number of aromatic hydroxyl groups is 1. The minimum absolute atomic E-state index is 0.176. The van der Waals surface area contributed by atoms with E-state index >= 15 is 0 Å². The number of phenols is 1. The molecular weight excluding hydrogens is 388 g/mol. The average Bonchev–Trinajstić information content (AvgIpc) is 2.74. The van der Waals surface area contributed by atoms with Gasteiger partial charge in [-0.2, -0.15) is 0 Å². The highest BCUT2D eigenvalue weighted by atomic mass is 16.3. The standard InChI is InChI=1S/C25H26N4O2/c1-16(2)5-4-6-19(26)15-28-25(31)18-8-10-22-21(13-18)23(11-12-27-22)29-24-14-20(30)9-7-17(24)3/h4-14,30H,1,15,26H2,2-3H3,(H,27,29)(H,28,31)/b5-4-,19-6-. The van der Waals surface area contributed by atoms with E-state index in [1.54, 1.807) is 48.7 Å².